The Morgan fingerprint density at radius 2 is 0.921 bits per heavy atom. The molecule has 446 valence electrons. The molecule has 0 radical (unpaired) electrons. The number of benzene rings is 10. The van der Waals surface area contributed by atoms with Gasteiger partial charge in [0.05, 0.1) is 0 Å². The first-order valence-corrected chi connectivity index (χ1v) is 31.0. The molecular formula is C83H75N4OPt-3. The molecule has 0 fully saturated rings. The Balaban J connectivity index is 0.00000729. The van der Waals surface area contributed by atoms with Crippen LogP contribution in [-0.4, -0.2) is 9.55 Å². The van der Waals surface area contributed by atoms with E-state index in [4.69, 9.17) is 9.72 Å². The van der Waals surface area contributed by atoms with E-state index in [0.29, 0.717) is 11.5 Å². The van der Waals surface area contributed by atoms with E-state index in [1.165, 1.54) is 50.1 Å². The second-order valence-electron chi connectivity index (χ2n) is 28.2. The maximum absolute atomic E-state index is 7.44. The number of nitrogens with zero attached hydrogens (tertiary/aromatic N) is 4. The van der Waals surface area contributed by atoms with Crippen LogP contribution in [0.5, 0.6) is 11.5 Å². The van der Waals surface area contributed by atoms with Crippen LogP contribution < -0.4 is 14.5 Å². The van der Waals surface area contributed by atoms with Crippen LogP contribution in [0.2, 0.25) is 0 Å². The van der Waals surface area contributed by atoms with Crippen molar-refractivity contribution in [1.82, 2.24) is 9.55 Å². The number of fused-ring (bicyclic) bond motifs is 7. The molecule has 1 aliphatic carbocycles. The maximum atomic E-state index is 7.44. The second-order valence-corrected chi connectivity index (χ2v) is 28.2. The smallest absolute Gasteiger partial charge is 0.135 e. The molecule has 0 amide bonds. The summed E-state index contributed by atoms with van der Waals surface area (Å²) >= 11 is 0. The van der Waals surface area contributed by atoms with Crippen molar-refractivity contribution in [2.45, 2.75) is 110 Å². The normalized spacial score (nSPS) is 13.8. The first-order chi connectivity index (χ1) is 42.1. The van der Waals surface area contributed by atoms with Crippen molar-refractivity contribution in [2.24, 2.45) is 0 Å². The van der Waals surface area contributed by atoms with Crippen molar-refractivity contribution in [3.8, 4) is 50.7 Å². The minimum absolute atomic E-state index is 0. The summed E-state index contributed by atoms with van der Waals surface area (Å²) in [5, 5.41) is 2.19. The molecular weight excluding hydrogens is 1260 g/mol. The maximum Gasteiger partial charge on any atom is 0.135 e. The quantitative estimate of drug-likeness (QED) is 0.135. The average Bonchev–Trinajstić information content (AvgIpc) is 1.57. The summed E-state index contributed by atoms with van der Waals surface area (Å²) in [6.45, 7) is 29.8. The van der Waals surface area contributed by atoms with Crippen LogP contribution >= 0.6 is 0 Å². The Hall–Kier alpha value is -8.76. The molecule has 5 nitrogen and oxygen atoms in total. The van der Waals surface area contributed by atoms with Crippen LogP contribution in [0.15, 0.2) is 231 Å². The van der Waals surface area contributed by atoms with Crippen LogP contribution in [0, 0.1) is 18.8 Å². The molecule has 10 aromatic carbocycles. The van der Waals surface area contributed by atoms with Crippen molar-refractivity contribution in [2.75, 3.05) is 9.80 Å². The van der Waals surface area contributed by atoms with Gasteiger partial charge in [0.2, 0.25) is 0 Å². The van der Waals surface area contributed by atoms with E-state index in [-0.39, 0.29) is 42.7 Å². The summed E-state index contributed by atoms with van der Waals surface area (Å²) in [5.74, 6) is 1.97. The van der Waals surface area contributed by atoms with Gasteiger partial charge in [-0.3, -0.25) is 0 Å². The van der Waals surface area contributed by atoms with Crippen molar-refractivity contribution in [3.63, 3.8) is 0 Å². The number of hydrogen-bond donors (Lipinski definition) is 0. The van der Waals surface area contributed by atoms with Gasteiger partial charge in [0.1, 0.15) is 5.82 Å². The number of hydrogen-bond acceptors (Lipinski definition) is 4. The average molecular weight is 1340 g/mol. The summed E-state index contributed by atoms with van der Waals surface area (Å²) in [5.41, 5.74) is 21.6. The summed E-state index contributed by atoms with van der Waals surface area (Å²) in [6.07, 6.45) is 1.93. The molecule has 1 aliphatic heterocycles. The van der Waals surface area contributed by atoms with Gasteiger partial charge in [-0.15, -0.1) is 53.6 Å². The number of ether oxygens (including phenoxy) is 1. The molecule has 0 saturated carbocycles. The van der Waals surface area contributed by atoms with Gasteiger partial charge in [0.25, 0.3) is 0 Å². The predicted octanol–water partition coefficient (Wildman–Crippen LogP) is 21.9. The van der Waals surface area contributed by atoms with Gasteiger partial charge in [-0.25, -0.2) is 4.98 Å². The topological polar surface area (TPSA) is 33.5 Å². The molecule has 0 unspecified atom stereocenters. The summed E-state index contributed by atoms with van der Waals surface area (Å²) in [4.78, 5) is 9.76. The standard InChI is InChI=1S/C83H75N4O.Pt/c1-79(2,3)57-36-40-71-69(46-57)70-47-58(80(4,5)6)37-41-72(70)83(71,56-30-20-15-21-31-56)61-44-62(51-64(45-61)88-63-38-39-66-65-32-22-23-33-73(65)87(76(66)52-63)77-50-59(42-43-84-77)81(7,8)9)85-53-86(75-35-25-24-34-74(75)85)78-67(54-26-16-13-17-27-54)48-60(82(10,11)12)49-68(78)55-28-18-14-19-29-55;/h13-50,53H,1-12H3;/q-3;. The second kappa shape index (κ2) is 22.1. The molecule has 3 heterocycles. The number of pyridine rings is 1. The number of anilines is 4. The van der Waals surface area contributed by atoms with Gasteiger partial charge in [-0.2, -0.15) is 6.07 Å². The zero-order valence-electron chi connectivity index (χ0n) is 53.0. The van der Waals surface area contributed by atoms with Crippen LogP contribution in [-0.2, 0) is 48.1 Å². The minimum Gasteiger partial charge on any atom is -0.509 e. The Labute approximate surface area is 541 Å². The van der Waals surface area contributed by atoms with Crippen LogP contribution in [0.3, 0.4) is 0 Å². The van der Waals surface area contributed by atoms with Crippen molar-refractivity contribution in [3.05, 3.63) is 294 Å². The van der Waals surface area contributed by atoms with Crippen LogP contribution in [0.4, 0.5) is 22.7 Å². The summed E-state index contributed by atoms with van der Waals surface area (Å²) in [7, 11) is 0. The van der Waals surface area contributed by atoms with E-state index < -0.39 is 5.41 Å². The molecule has 0 saturated heterocycles. The van der Waals surface area contributed by atoms with Crippen molar-refractivity contribution < 1.29 is 25.8 Å². The first-order valence-electron chi connectivity index (χ1n) is 31.0. The molecule has 2 aromatic heterocycles. The number of para-hydroxylation sites is 3. The van der Waals surface area contributed by atoms with Crippen molar-refractivity contribution in [1.29, 1.82) is 0 Å². The van der Waals surface area contributed by atoms with Gasteiger partial charge < -0.3 is 19.1 Å². The Morgan fingerprint density at radius 3 is 1.49 bits per heavy atom. The van der Waals surface area contributed by atoms with E-state index in [2.05, 4.69) is 341 Å². The largest absolute Gasteiger partial charge is 0.509 e. The fourth-order valence-electron chi connectivity index (χ4n) is 13.5. The third-order valence-corrected chi connectivity index (χ3v) is 18.2. The van der Waals surface area contributed by atoms with E-state index in [1.54, 1.807) is 0 Å². The van der Waals surface area contributed by atoms with Gasteiger partial charge in [-0.1, -0.05) is 246 Å². The molecule has 0 spiro atoms. The van der Waals surface area contributed by atoms with Crippen LogP contribution in [0.25, 0.3) is 61.0 Å². The van der Waals surface area contributed by atoms with Gasteiger partial charge in [0, 0.05) is 77.9 Å². The SMILES string of the molecule is CC(C)(C)c1ccnc(-n2c3[c-]c(Oc4[c-]c(N5[CH-]N(c6c(-c7ccccc7)cc(C(C)(C)C)cc6-c6ccccc6)c6ccccc65)cc(C5(c6ccccc6)c6ccc(C(C)(C)C)cc6-c6cc(C(C)(C)C)ccc65)c4)ccc3c3ccccc32)c1.[Pt]. The number of aromatic nitrogens is 2. The Bertz CT molecular complexity index is 4540. The third-order valence-electron chi connectivity index (χ3n) is 18.2. The zero-order chi connectivity index (χ0) is 61.1. The van der Waals surface area contributed by atoms with Crippen LogP contribution in [0.1, 0.15) is 128 Å². The van der Waals surface area contributed by atoms with Crippen molar-refractivity contribution >= 4 is 44.6 Å². The predicted molar refractivity (Wildman–Crippen MR) is 367 cm³/mol. The summed E-state index contributed by atoms with van der Waals surface area (Å²) in [6, 6.07) is 90.5. The fourth-order valence-corrected chi connectivity index (χ4v) is 13.5. The molecule has 0 atom stereocenters. The Kier molecular flexibility index (Phi) is 14.7. The van der Waals surface area contributed by atoms with E-state index >= 15 is 0 Å². The molecule has 6 heteroatoms. The fraction of sp³-hybridized carbons (Fsp3) is 0.205. The molecule has 2 aliphatic rings. The molecule has 89 heavy (non-hydrogen) atoms. The first kappa shape index (κ1) is 59.2. The van der Waals surface area contributed by atoms with Gasteiger partial charge in [0.15, 0.2) is 0 Å². The third kappa shape index (κ3) is 10.3. The number of rotatable bonds is 9. The molecule has 0 bridgehead atoms. The van der Waals surface area contributed by atoms with Gasteiger partial charge >= 0.3 is 0 Å². The van der Waals surface area contributed by atoms with E-state index in [1.807, 2.05) is 6.20 Å². The Morgan fingerprint density at radius 1 is 0.416 bits per heavy atom. The monoisotopic (exact) mass is 1340 g/mol. The molecule has 12 aromatic rings. The molecule has 0 N–H and O–H groups in total. The van der Waals surface area contributed by atoms with E-state index in [0.717, 1.165) is 78.2 Å². The van der Waals surface area contributed by atoms with E-state index in [9.17, 15) is 0 Å². The summed E-state index contributed by atoms with van der Waals surface area (Å²) < 4.78 is 9.67. The van der Waals surface area contributed by atoms with Gasteiger partial charge in [-0.05, 0) is 131 Å². The molecule has 14 rings (SSSR count). The minimum atomic E-state index is -0.798. The zero-order valence-corrected chi connectivity index (χ0v) is 55.3.